The van der Waals surface area contributed by atoms with Gasteiger partial charge in [-0.25, -0.2) is 9.97 Å². The molecule has 0 aliphatic carbocycles. The van der Waals surface area contributed by atoms with Gasteiger partial charge in [-0.2, -0.15) is 0 Å². The molecule has 9 nitrogen and oxygen atoms in total. The maximum atomic E-state index is 11.7. The second-order valence-electron chi connectivity index (χ2n) is 6.04. The standard InChI is InChI=1S/C16H20N6O3S/c1-2-14-19-11(10-26-14)9-20-3-5-21(6-4-20)16-13(15(17)23)7-12(8-18-16)22(24)25/h7-8,10H,2-6,9H2,1H3,(H2,17,23). The molecule has 0 unspecified atom stereocenters. The summed E-state index contributed by atoms with van der Waals surface area (Å²) in [5, 5.41) is 14.1. The largest absolute Gasteiger partial charge is 0.365 e. The number of thiazole rings is 1. The highest BCUT2D eigenvalue weighted by molar-refractivity contribution is 7.09. The molecule has 1 aliphatic heterocycles. The fourth-order valence-electron chi connectivity index (χ4n) is 2.91. The third-order valence-electron chi connectivity index (χ3n) is 4.29. The lowest BCUT2D eigenvalue weighted by molar-refractivity contribution is -0.385. The van der Waals surface area contributed by atoms with Gasteiger partial charge >= 0.3 is 0 Å². The summed E-state index contributed by atoms with van der Waals surface area (Å²) in [6.07, 6.45) is 2.11. The van der Waals surface area contributed by atoms with Crippen molar-refractivity contribution < 1.29 is 9.72 Å². The number of amides is 1. The maximum Gasteiger partial charge on any atom is 0.288 e. The van der Waals surface area contributed by atoms with Crippen molar-refractivity contribution in [3.63, 3.8) is 0 Å². The predicted molar refractivity (Wildman–Crippen MR) is 98.4 cm³/mol. The van der Waals surface area contributed by atoms with Crippen LogP contribution in [0.3, 0.4) is 0 Å². The average molecular weight is 376 g/mol. The second-order valence-corrected chi connectivity index (χ2v) is 6.98. The molecule has 0 spiro atoms. The summed E-state index contributed by atoms with van der Waals surface area (Å²) >= 11 is 1.68. The number of nitrogens with zero attached hydrogens (tertiary/aromatic N) is 5. The van der Waals surface area contributed by atoms with E-state index in [-0.39, 0.29) is 11.3 Å². The Morgan fingerprint density at radius 1 is 1.38 bits per heavy atom. The molecule has 1 amide bonds. The van der Waals surface area contributed by atoms with Gasteiger partial charge in [-0.05, 0) is 6.42 Å². The zero-order valence-electron chi connectivity index (χ0n) is 14.4. The molecular formula is C16H20N6O3S. The number of primary amides is 1. The first-order chi connectivity index (χ1) is 12.5. The molecule has 1 saturated heterocycles. The highest BCUT2D eigenvalue weighted by atomic mass is 32.1. The van der Waals surface area contributed by atoms with E-state index in [1.165, 1.54) is 6.07 Å². The van der Waals surface area contributed by atoms with Crippen molar-refractivity contribution >= 4 is 28.7 Å². The minimum atomic E-state index is -0.715. The Hall–Kier alpha value is -2.59. The molecule has 1 aliphatic rings. The lowest BCUT2D eigenvalue weighted by Crippen LogP contribution is -2.46. The summed E-state index contributed by atoms with van der Waals surface area (Å²) in [7, 11) is 0. The highest BCUT2D eigenvalue weighted by Gasteiger charge is 2.24. The van der Waals surface area contributed by atoms with Crippen LogP contribution < -0.4 is 10.6 Å². The van der Waals surface area contributed by atoms with Crippen LogP contribution in [0.1, 0.15) is 28.0 Å². The Morgan fingerprint density at radius 2 is 2.12 bits per heavy atom. The van der Waals surface area contributed by atoms with Crippen LogP contribution in [0.5, 0.6) is 0 Å². The third-order valence-corrected chi connectivity index (χ3v) is 5.33. The topological polar surface area (TPSA) is 118 Å². The lowest BCUT2D eigenvalue weighted by atomic mass is 10.2. The first-order valence-corrected chi connectivity index (χ1v) is 9.20. The first kappa shape index (κ1) is 18.2. The SMILES string of the molecule is CCc1nc(CN2CCN(c3ncc([N+](=O)[O-])cc3C(N)=O)CC2)cs1. The van der Waals surface area contributed by atoms with Crippen molar-refractivity contribution in [2.24, 2.45) is 5.73 Å². The molecule has 2 aromatic heterocycles. The molecule has 0 aromatic carbocycles. The quantitative estimate of drug-likeness (QED) is 0.598. The monoisotopic (exact) mass is 376 g/mol. The fourth-order valence-corrected chi connectivity index (χ4v) is 3.65. The van der Waals surface area contributed by atoms with Gasteiger partial charge in [0.15, 0.2) is 0 Å². The van der Waals surface area contributed by atoms with Gasteiger partial charge in [-0.3, -0.25) is 19.8 Å². The van der Waals surface area contributed by atoms with Crippen LogP contribution in [0.4, 0.5) is 11.5 Å². The fraction of sp³-hybridized carbons (Fsp3) is 0.438. The van der Waals surface area contributed by atoms with Gasteiger partial charge in [-0.1, -0.05) is 6.92 Å². The molecule has 3 rings (SSSR count). The van der Waals surface area contributed by atoms with E-state index in [2.05, 4.69) is 27.2 Å². The summed E-state index contributed by atoms with van der Waals surface area (Å²) < 4.78 is 0. The number of carbonyl (C=O) groups excluding carboxylic acids is 1. The van der Waals surface area contributed by atoms with Gasteiger partial charge in [0.05, 0.1) is 21.2 Å². The minimum absolute atomic E-state index is 0.0831. The Balaban J connectivity index is 1.67. The summed E-state index contributed by atoms with van der Waals surface area (Å²) in [6.45, 7) is 5.78. The van der Waals surface area contributed by atoms with Crippen LogP contribution in [0, 0.1) is 10.1 Å². The van der Waals surface area contributed by atoms with Crippen LogP contribution in [-0.2, 0) is 13.0 Å². The summed E-state index contributed by atoms with van der Waals surface area (Å²) in [6, 6.07) is 1.19. The molecule has 26 heavy (non-hydrogen) atoms. The molecule has 2 N–H and O–H groups in total. The van der Waals surface area contributed by atoms with Crippen LogP contribution in [0.2, 0.25) is 0 Å². The van der Waals surface area contributed by atoms with Gasteiger partial charge in [0.2, 0.25) is 0 Å². The van der Waals surface area contributed by atoms with Gasteiger partial charge in [-0.15, -0.1) is 11.3 Å². The van der Waals surface area contributed by atoms with Crippen LogP contribution in [0.15, 0.2) is 17.6 Å². The molecule has 0 saturated carbocycles. The van der Waals surface area contributed by atoms with Crippen molar-refractivity contribution in [3.05, 3.63) is 44.0 Å². The number of piperazine rings is 1. The summed E-state index contributed by atoms with van der Waals surface area (Å²) in [5.41, 5.74) is 6.31. The predicted octanol–water partition coefficient (Wildman–Crippen LogP) is 1.43. The molecule has 0 atom stereocenters. The van der Waals surface area contributed by atoms with Crippen LogP contribution in [-0.4, -0.2) is 51.9 Å². The van der Waals surface area contributed by atoms with E-state index < -0.39 is 10.8 Å². The zero-order chi connectivity index (χ0) is 18.7. The normalized spacial score (nSPS) is 15.2. The molecule has 10 heteroatoms. The average Bonchev–Trinajstić information content (AvgIpc) is 3.09. The highest BCUT2D eigenvalue weighted by Crippen LogP contribution is 2.24. The Labute approximate surface area is 154 Å². The molecule has 138 valence electrons. The van der Waals surface area contributed by atoms with Crippen molar-refractivity contribution in [1.29, 1.82) is 0 Å². The van der Waals surface area contributed by atoms with E-state index in [0.717, 1.165) is 43.0 Å². The summed E-state index contributed by atoms with van der Waals surface area (Å²) in [5.74, 6) is -0.308. The smallest absolute Gasteiger partial charge is 0.288 e. The van der Waals surface area contributed by atoms with Crippen molar-refractivity contribution in [3.8, 4) is 0 Å². The van der Waals surface area contributed by atoms with Gasteiger partial charge in [0, 0.05) is 44.2 Å². The van der Waals surface area contributed by atoms with E-state index in [9.17, 15) is 14.9 Å². The number of nitro groups is 1. The number of carbonyl (C=O) groups is 1. The second kappa shape index (κ2) is 7.75. The van der Waals surface area contributed by atoms with Crippen LogP contribution >= 0.6 is 11.3 Å². The Morgan fingerprint density at radius 3 is 2.69 bits per heavy atom. The Bertz CT molecular complexity index is 816. The number of rotatable bonds is 6. The molecule has 2 aromatic rings. The number of aromatic nitrogens is 2. The molecule has 3 heterocycles. The molecule has 1 fully saturated rings. The number of hydrogen-bond acceptors (Lipinski definition) is 8. The van der Waals surface area contributed by atoms with Crippen molar-refractivity contribution in [2.45, 2.75) is 19.9 Å². The minimum Gasteiger partial charge on any atom is -0.365 e. The summed E-state index contributed by atoms with van der Waals surface area (Å²) in [4.78, 5) is 34.9. The van der Waals surface area contributed by atoms with Gasteiger partial charge < -0.3 is 10.6 Å². The lowest BCUT2D eigenvalue weighted by Gasteiger charge is -2.35. The molecular weight excluding hydrogens is 356 g/mol. The molecule has 0 radical (unpaired) electrons. The van der Waals surface area contributed by atoms with E-state index in [1.807, 2.05) is 4.90 Å². The number of hydrogen-bond donors (Lipinski definition) is 1. The first-order valence-electron chi connectivity index (χ1n) is 8.32. The van der Waals surface area contributed by atoms with Crippen molar-refractivity contribution in [1.82, 2.24) is 14.9 Å². The Kier molecular flexibility index (Phi) is 5.43. The number of aryl methyl sites for hydroxylation is 1. The third kappa shape index (κ3) is 3.97. The van der Waals surface area contributed by atoms with E-state index >= 15 is 0 Å². The number of pyridine rings is 1. The molecule has 0 bridgehead atoms. The zero-order valence-corrected chi connectivity index (χ0v) is 15.2. The van der Waals surface area contributed by atoms with Gasteiger partial charge in [0.25, 0.3) is 11.6 Å². The number of nitrogens with two attached hydrogens (primary N) is 1. The number of anilines is 1. The van der Waals surface area contributed by atoms with E-state index in [1.54, 1.807) is 11.3 Å². The van der Waals surface area contributed by atoms with E-state index in [0.29, 0.717) is 18.9 Å². The maximum absolute atomic E-state index is 11.7. The van der Waals surface area contributed by atoms with Crippen LogP contribution in [0.25, 0.3) is 0 Å². The van der Waals surface area contributed by atoms with E-state index in [4.69, 9.17) is 5.73 Å². The van der Waals surface area contributed by atoms with Gasteiger partial charge in [0.1, 0.15) is 12.0 Å². The van der Waals surface area contributed by atoms with Crippen molar-refractivity contribution in [2.75, 3.05) is 31.1 Å².